The summed E-state index contributed by atoms with van der Waals surface area (Å²) in [6, 6.07) is 6.02. The number of rotatable bonds is 5. The van der Waals surface area contributed by atoms with Gasteiger partial charge >= 0.3 is 6.03 Å². The molecule has 4 amide bonds. The van der Waals surface area contributed by atoms with Crippen molar-refractivity contribution in [3.05, 3.63) is 28.7 Å². The monoisotopic (exact) mass is 353 g/mol. The van der Waals surface area contributed by atoms with Crippen LogP contribution < -0.4 is 10.6 Å². The number of halogens is 1. The third kappa shape index (κ3) is 3.81. The van der Waals surface area contributed by atoms with Crippen LogP contribution in [0.1, 0.15) is 19.8 Å². The number of hydrogen-bond acceptors (Lipinski definition) is 3. The molecule has 0 spiro atoms. The van der Waals surface area contributed by atoms with Gasteiger partial charge < -0.3 is 10.6 Å². The maximum absolute atomic E-state index is 12.0. The fourth-order valence-electron chi connectivity index (χ4n) is 2.09. The number of nitrogens with zero attached hydrogens (tertiary/aromatic N) is 1. The summed E-state index contributed by atoms with van der Waals surface area (Å²) in [6.45, 7) is 1.66. The van der Waals surface area contributed by atoms with Gasteiger partial charge in [0, 0.05) is 10.2 Å². The van der Waals surface area contributed by atoms with E-state index in [2.05, 4.69) is 26.6 Å². The van der Waals surface area contributed by atoms with Crippen molar-refractivity contribution in [2.75, 3.05) is 11.9 Å². The highest BCUT2D eigenvalue weighted by Gasteiger charge is 2.38. The zero-order valence-corrected chi connectivity index (χ0v) is 13.1. The highest BCUT2D eigenvalue weighted by molar-refractivity contribution is 9.10. The predicted molar refractivity (Wildman–Crippen MR) is 81.7 cm³/mol. The van der Waals surface area contributed by atoms with Crippen LogP contribution in [0.25, 0.3) is 0 Å². The van der Waals surface area contributed by atoms with Crippen molar-refractivity contribution in [1.29, 1.82) is 0 Å². The van der Waals surface area contributed by atoms with Gasteiger partial charge in [-0.2, -0.15) is 0 Å². The van der Waals surface area contributed by atoms with Crippen LogP contribution in [-0.2, 0) is 9.59 Å². The molecule has 1 aromatic carbocycles. The van der Waals surface area contributed by atoms with E-state index < -0.39 is 18.0 Å². The molecule has 1 atom stereocenters. The van der Waals surface area contributed by atoms with Crippen LogP contribution in [0.3, 0.4) is 0 Å². The largest absolute Gasteiger partial charge is 0.326 e. The molecular formula is C14H16BrN3O3. The fraction of sp³-hybridized carbons (Fsp3) is 0.357. The second kappa shape index (κ2) is 6.71. The minimum absolute atomic E-state index is 0.277. The van der Waals surface area contributed by atoms with E-state index in [1.807, 2.05) is 6.92 Å². The van der Waals surface area contributed by atoms with Crippen molar-refractivity contribution in [2.24, 2.45) is 0 Å². The van der Waals surface area contributed by atoms with E-state index in [0.29, 0.717) is 12.1 Å². The molecule has 112 valence electrons. The molecule has 1 fully saturated rings. The van der Waals surface area contributed by atoms with Crippen LogP contribution in [0, 0.1) is 0 Å². The standard InChI is InChI=1S/C14H16BrN3O3/c1-2-3-11-13(20)18(14(21)17-11)8-12(19)16-10-6-4-9(15)5-7-10/h4-7,11H,2-3,8H2,1H3,(H,16,19)(H,17,21). The van der Waals surface area contributed by atoms with Gasteiger partial charge in [0.15, 0.2) is 0 Å². The Morgan fingerprint density at radius 3 is 2.62 bits per heavy atom. The van der Waals surface area contributed by atoms with E-state index in [-0.39, 0.29) is 12.5 Å². The number of urea groups is 1. The van der Waals surface area contributed by atoms with Gasteiger partial charge in [-0.1, -0.05) is 29.3 Å². The molecule has 2 rings (SSSR count). The first-order chi connectivity index (χ1) is 10.0. The molecule has 1 aromatic rings. The van der Waals surface area contributed by atoms with Gasteiger partial charge in [-0.3, -0.25) is 14.5 Å². The predicted octanol–water partition coefficient (Wildman–Crippen LogP) is 2.11. The van der Waals surface area contributed by atoms with E-state index in [1.54, 1.807) is 24.3 Å². The summed E-state index contributed by atoms with van der Waals surface area (Å²) in [5.74, 6) is -0.745. The first kappa shape index (κ1) is 15.5. The summed E-state index contributed by atoms with van der Waals surface area (Å²) in [7, 11) is 0. The first-order valence-corrected chi connectivity index (χ1v) is 7.48. The first-order valence-electron chi connectivity index (χ1n) is 6.68. The Bertz CT molecular complexity index is 559. The van der Waals surface area contributed by atoms with Crippen molar-refractivity contribution in [3.8, 4) is 0 Å². The molecule has 1 unspecified atom stereocenters. The molecular weight excluding hydrogens is 338 g/mol. The number of anilines is 1. The molecule has 1 aliphatic heterocycles. The summed E-state index contributed by atoms with van der Waals surface area (Å²) in [5, 5.41) is 5.23. The van der Waals surface area contributed by atoms with Crippen LogP contribution in [0.4, 0.5) is 10.5 Å². The molecule has 1 saturated heterocycles. The van der Waals surface area contributed by atoms with Gasteiger partial charge in [-0.25, -0.2) is 4.79 Å². The Hall–Kier alpha value is -1.89. The average molecular weight is 354 g/mol. The molecule has 0 radical (unpaired) electrons. The summed E-state index contributed by atoms with van der Waals surface area (Å²) in [5.41, 5.74) is 0.611. The Labute approximate surface area is 131 Å². The summed E-state index contributed by atoms with van der Waals surface area (Å²) >= 11 is 3.30. The maximum atomic E-state index is 12.0. The lowest BCUT2D eigenvalue weighted by atomic mass is 10.2. The zero-order chi connectivity index (χ0) is 15.4. The Balaban J connectivity index is 1.94. The SMILES string of the molecule is CCCC1NC(=O)N(CC(=O)Nc2ccc(Br)cc2)C1=O. The van der Waals surface area contributed by atoms with Crippen LogP contribution in [0.5, 0.6) is 0 Å². The van der Waals surface area contributed by atoms with Crippen LogP contribution >= 0.6 is 15.9 Å². The molecule has 0 saturated carbocycles. The van der Waals surface area contributed by atoms with E-state index in [4.69, 9.17) is 0 Å². The number of imide groups is 1. The number of hydrogen-bond donors (Lipinski definition) is 2. The van der Waals surface area contributed by atoms with Gasteiger partial charge in [0.05, 0.1) is 0 Å². The van der Waals surface area contributed by atoms with Crippen LogP contribution in [0.15, 0.2) is 28.7 Å². The number of amides is 4. The van der Waals surface area contributed by atoms with E-state index in [1.165, 1.54) is 0 Å². The fourth-order valence-corrected chi connectivity index (χ4v) is 2.35. The topological polar surface area (TPSA) is 78.5 Å². The number of nitrogens with one attached hydrogen (secondary N) is 2. The van der Waals surface area contributed by atoms with Crippen molar-refractivity contribution < 1.29 is 14.4 Å². The van der Waals surface area contributed by atoms with Gasteiger partial charge in [0.2, 0.25) is 5.91 Å². The van der Waals surface area contributed by atoms with Gasteiger partial charge in [0.1, 0.15) is 12.6 Å². The van der Waals surface area contributed by atoms with Gasteiger partial charge in [0.25, 0.3) is 5.91 Å². The quantitative estimate of drug-likeness (QED) is 0.795. The van der Waals surface area contributed by atoms with Gasteiger partial charge in [-0.15, -0.1) is 0 Å². The van der Waals surface area contributed by atoms with Crippen LogP contribution in [0.2, 0.25) is 0 Å². The second-order valence-corrected chi connectivity index (χ2v) is 5.69. The molecule has 0 aromatic heterocycles. The molecule has 6 nitrogen and oxygen atoms in total. The number of carbonyl (C=O) groups is 3. The highest BCUT2D eigenvalue weighted by atomic mass is 79.9. The maximum Gasteiger partial charge on any atom is 0.325 e. The number of benzene rings is 1. The Morgan fingerprint density at radius 1 is 1.33 bits per heavy atom. The summed E-state index contributed by atoms with van der Waals surface area (Å²) < 4.78 is 0.900. The summed E-state index contributed by atoms with van der Waals surface area (Å²) in [4.78, 5) is 36.6. The molecule has 0 bridgehead atoms. The molecule has 0 aliphatic carbocycles. The lowest BCUT2D eigenvalue weighted by molar-refractivity contribution is -0.130. The second-order valence-electron chi connectivity index (χ2n) is 4.77. The Kier molecular flexibility index (Phi) is 4.95. The molecule has 7 heteroatoms. The molecule has 21 heavy (non-hydrogen) atoms. The van der Waals surface area contributed by atoms with E-state index in [9.17, 15) is 14.4 Å². The third-order valence-electron chi connectivity index (χ3n) is 3.11. The minimum Gasteiger partial charge on any atom is -0.326 e. The smallest absolute Gasteiger partial charge is 0.325 e. The third-order valence-corrected chi connectivity index (χ3v) is 3.64. The normalized spacial score (nSPS) is 17.8. The van der Waals surface area contributed by atoms with E-state index in [0.717, 1.165) is 15.8 Å². The van der Waals surface area contributed by atoms with Gasteiger partial charge in [-0.05, 0) is 30.7 Å². The molecule has 2 N–H and O–H groups in total. The Morgan fingerprint density at radius 2 is 2.00 bits per heavy atom. The van der Waals surface area contributed by atoms with Crippen molar-refractivity contribution in [2.45, 2.75) is 25.8 Å². The summed E-state index contributed by atoms with van der Waals surface area (Å²) in [6.07, 6.45) is 1.37. The number of carbonyl (C=O) groups excluding carboxylic acids is 3. The minimum atomic E-state index is -0.511. The van der Waals surface area contributed by atoms with Crippen molar-refractivity contribution >= 4 is 39.5 Å². The van der Waals surface area contributed by atoms with Crippen LogP contribution in [-0.4, -0.2) is 35.3 Å². The average Bonchev–Trinajstić information content (AvgIpc) is 2.70. The molecule has 1 heterocycles. The lowest BCUT2D eigenvalue weighted by Crippen LogP contribution is -2.38. The zero-order valence-electron chi connectivity index (χ0n) is 11.6. The van der Waals surface area contributed by atoms with Crippen molar-refractivity contribution in [1.82, 2.24) is 10.2 Å². The highest BCUT2D eigenvalue weighted by Crippen LogP contribution is 2.15. The lowest BCUT2D eigenvalue weighted by Gasteiger charge is -2.13. The van der Waals surface area contributed by atoms with Crippen molar-refractivity contribution in [3.63, 3.8) is 0 Å². The van der Waals surface area contributed by atoms with E-state index >= 15 is 0 Å². The molecule has 1 aliphatic rings.